The van der Waals surface area contributed by atoms with E-state index in [1.807, 2.05) is 12.1 Å². The molecule has 116 valence electrons. The zero-order chi connectivity index (χ0) is 14.7. The van der Waals surface area contributed by atoms with E-state index in [9.17, 15) is 0 Å². The number of hydrogen-bond donors (Lipinski definition) is 1. The molecule has 0 bridgehead atoms. The van der Waals surface area contributed by atoms with Crippen LogP contribution < -0.4 is 5.32 Å². The molecule has 0 unspecified atom stereocenters. The zero-order valence-corrected chi connectivity index (χ0v) is 13.7. The summed E-state index contributed by atoms with van der Waals surface area (Å²) in [5.41, 5.74) is 1.22. The highest BCUT2D eigenvalue weighted by Gasteiger charge is 2.32. The maximum atomic E-state index is 6.50. The van der Waals surface area contributed by atoms with Gasteiger partial charge in [-0.05, 0) is 36.5 Å². The minimum absolute atomic E-state index is 0.376. The molecule has 0 amide bonds. The van der Waals surface area contributed by atoms with Gasteiger partial charge in [0.15, 0.2) is 0 Å². The van der Waals surface area contributed by atoms with Crippen LogP contribution in [0.25, 0.3) is 0 Å². The Labute approximate surface area is 136 Å². The first-order valence-corrected chi connectivity index (χ1v) is 8.49. The van der Waals surface area contributed by atoms with Gasteiger partial charge in [-0.1, -0.05) is 29.3 Å². The summed E-state index contributed by atoms with van der Waals surface area (Å²) in [6.07, 6.45) is 2.21. The number of halogens is 2. The van der Waals surface area contributed by atoms with Gasteiger partial charge in [0.05, 0.1) is 0 Å². The Kier molecular flexibility index (Phi) is 5.41. The number of ether oxygens (including phenoxy) is 1. The molecule has 2 aliphatic heterocycles. The van der Waals surface area contributed by atoms with Gasteiger partial charge in [-0.15, -0.1) is 0 Å². The topological polar surface area (TPSA) is 24.5 Å². The van der Waals surface area contributed by atoms with Crippen molar-refractivity contribution in [3.05, 3.63) is 33.8 Å². The van der Waals surface area contributed by atoms with Gasteiger partial charge >= 0.3 is 0 Å². The Hall–Kier alpha value is -0.320. The summed E-state index contributed by atoms with van der Waals surface area (Å²) < 4.78 is 5.54. The van der Waals surface area contributed by atoms with Crippen LogP contribution in [-0.4, -0.2) is 44.3 Å². The van der Waals surface area contributed by atoms with Crippen molar-refractivity contribution in [2.45, 2.75) is 18.9 Å². The summed E-state index contributed by atoms with van der Waals surface area (Å²) in [5, 5.41) is 4.92. The SMILES string of the molecule is Clc1ccc([C@H](C2CCOCC2)N2CCNCC2)c(Cl)c1. The van der Waals surface area contributed by atoms with Crippen molar-refractivity contribution in [3.8, 4) is 0 Å². The second-order valence-corrected chi connectivity index (χ2v) is 6.69. The van der Waals surface area contributed by atoms with E-state index < -0.39 is 0 Å². The normalized spacial score (nSPS) is 23.1. The molecule has 2 fully saturated rings. The van der Waals surface area contributed by atoms with Crippen LogP contribution in [0.2, 0.25) is 10.0 Å². The van der Waals surface area contributed by atoms with Gasteiger partial charge in [0, 0.05) is 55.5 Å². The van der Waals surface area contributed by atoms with Crippen LogP contribution in [0.15, 0.2) is 18.2 Å². The maximum absolute atomic E-state index is 6.50. The van der Waals surface area contributed by atoms with Gasteiger partial charge in [0.1, 0.15) is 0 Å². The molecule has 1 atom stereocenters. The van der Waals surface area contributed by atoms with Crippen LogP contribution in [0.1, 0.15) is 24.4 Å². The highest BCUT2D eigenvalue weighted by atomic mass is 35.5. The lowest BCUT2D eigenvalue weighted by Crippen LogP contribution is -2.47. The Bertz CT molecular complexity index is 453. The summed E-state index contributed by atoms with van der Waals surface area (Å²) in [5.74, 6) is 0.607. The van der Waals surface area contributed by atoms with Crippen molar-refractivity contribution < 1.29 is 4.74 Å². The van der Waals surface area contributed by atoms with Crippen LogP contribution in [0.3, 0.4) is 0 Å². The highest BCUT2D eigenvalue weighted by Crippen LogP contribution is 2.39. The van der Waals surface area contributed by atoms with Gasteiger partial charge < -0.3 is 10.1 Å². The molecule has 3 nitrogen and oxygen atoms in total. The van der Waals surface area contributed by atoms with Crippen LogP contribution in [-0.2, 0) is 4.74 Å². The molecule has 2 aliphatic rings. The summed E-state index contributed by atoms with van der Waals surface area (Å²) in [4.78, 5) is 2.57. The molecule has 1 aromatic rings. The molecule has 0 spiro atoms. The van der Waals surface area contributed by atoms with Crippen molar-refractivity contribution in [2.75, 3.05) is 39.4 Å². The van der Waals surface area contributed by atoms with Crippen LogP contribution in [0.5, 0.6) is 0 Å². The van der Waals surface area contributed by atoms with E-state index in [-0.39, 0.29) is 0 Å². The van der Waals surface area contributed by atoms with Gasteiger partial charge in [0.2, 0.25) is 0 Å². The molecular weight excluding hydrogens is 307 g/mol. The Morgan fingerprint density at radius 1 is 1.14 bits per heavy atom. The minimum Gasteiger partial charge on any atom is -0.381 e. The maximum Gasteiger partial charge on any atom is 0.0469 e. The number of piperazine rings is 1. The highest BCUT2D eigenvalue weighted by molar-refractivity contribution is 6.35. The first-order chi connectivity index (χ1) is 10.3. The van der Waals surface area contributed by atoms with Crippen molar-refractivity contribution in [2.24, 2.45) is 5.92 Å². The Morgan fingerprint density at radius 3 is 2.52 bits per heavy atom. The molecule has 1 N–H and O–H groups in total. The molecule has 0 saturated carbocycles. The molecule has 21 heavy (non-hydrogen) atoms. The van der Waals surface area contributed by atoms with E-state index >= 15 is 0 Å². The predicted octanol–water partition coefficient (Wildman–Crippen LogP) is 3.37. The van der Waals surface area contributed by atoms with Gasteiger partial charge in [-0.25, -0.2) is 0 Å². The van der Waals surface area contributed by atoms with Crippen LogP contribution in [0, 0.1) is 5.92 Å². The van der Waals surface area contributed by atoms with Crippen LogP contribution in [0.4, 0.5) is 0 Å². The third-order valence-electron chi connectivity index (χ3n) is 4.54. The number of hydrogen-bond acceptors (Lipinski definition) is 3. The fourth-order valence-corrected chi connectivity index (χ4v) is 4.00. The number of nitrogens with zero attached hydrogens (tertiary/aromatic N) is 1. The van der Waals surface area contributed by atoms with E-state index in [4.69, 9.17) is 27.9 Å². The lowest BCUT2D eigenvalue weighted by molar-refractivity contribution is 0.0213. The van der Waals surface area contributed by atoms with E-state index in [0.717, 1.165) is 57.3 Å². The third-order valence-corrected chi connectivity index (χ3v) is 5.10. The number of nitrogens with one attached hydrogen (secondary N) is 1. The average molecular weight is 329 g/mol. The van der Waals surface area contributed by atoms with Gasteiger partial charge in [-0.2, -0.15) is 0 Å². The van der Waals surface area contributed by atoms with Crippen molar-refractivity contribution >= 4 is 23.2 Å². The molecule has 1 aromatic carbocycles. The predicted molar refractivity (Wildman–Crippen MR) is 87.2 cm³/mol. The zero-order valence-electron chi connectivity index (χ0n) is 12.2. The van der Waals surface area contributed by atoms with Crippen LogP contribution >= 0.6 is 23.2 Å². The van der Waals surface area contributed by atoms with E-state index in [1.54, 1.807) is 0 Å². The first-order valence-electron chi connectivity index (χ1n) is 7.73. The van der Waals surface area contributed by atoms with Gasteiger partial charge in [0.25, 0.3) is 0 Å². The van der Waals surface area contributed by atoms with Crippen molar-refractivity contribution in [3.63, 3.8) is 0 Å². The van der Waals surface area contributed by atoms with Crippen molar-refractivity contribution in [1.29, 1.82) is 0 Å². The third kappa shape index (κ3) is 3.72. The molecule has 2 heterocycles. The van der Waals surface area contributed by atoms with E-state index in [1.165, 1.54) is 5.56 Å². The Balaban J connectivity index is 1.89. The first kappa shape index (κ1) is 15.6. The monoisotopic (exact) mass is 328 g/mol. The number of benzene rings is 1. The fraction of sp³-hybridized carbons (Fsp3) is 0.625. The summed E-state index contributed by atoms with van der Waals surface area (Å²) in [7, 11) is 0. The molecule has 0 aromatic heterocycles. The smallest absolute Gasteiger partial charge is 0.0469 e. The molecule has 5 heteroatoms. The summed E-state index contributed by atoms with van der Waals surface area (Å²) >= 11 is 12.6. The van der Waals surface area contributed by atoms with Crippen molar-refractivity contribution in [1.82, 2.24) is 10.2 Å². The molecule has 0 aliphatic carbocycles. The quantitative estimate of drug-likeness (QED) is 0.920. The molecule has 0 radical (unpaired) electrons. The minimum atomic E-state index is 0.376. The lowest BCUT2D eigenvalue weighted by Gasteiger charge is -2.41. The standard InChI is InChI=1S/C16H22Cl2N2O/c17-13-1-2-14(15(18)11-13)16(12-3-9-21-10-4-12)20-7-5-19-6-8-20/h1-2,11-12,16,19H,3-10H2/t16-/m0/s1. The average Bonchev–Trinajstić information content (AvgIpc) is 2.52. The van der Waals surface area contributed by atoms with E-state index in [0.29, 0.717) is 17.0 Å². The second kappa shape index (κ2) is 7.30. The Morgan fingerprint density at radius 2 is 1.86 bits per heavy atom. The lowest BCUT2D eigenvalue weighted by atomic mass is 9.85. The number of rotatable bonds is 3. The molecular formula is C16H22Cl2N2O. The largest absolute Gasteiger partial charge is 0.381 e. The summed E-state index contributed by atoms with van der Waals surface area (Å²) in [6, 6.07) is 6.30. The molecule has 3 rings (SSSR count). The van der Waals surface area contributed by atoms with E-state index in [2.05, 4.69) is 16.3 Å². The molecule has 2 saturated heterocycles. The summed E-state index contributed by atoms with van der Waals surface area (Å²) in [6.45, 7) is 5.95. The fourth-order valence-electron chi connectivity index (χ4n) is 3.48. The van der Waals surface area contributed by atoms with Gasteiger partial charge in [-0.3, -0.25) is 4.90 Å². The second-order valence-electron chi connectivity index (χ2n) is 5.85.